The van der Waals surface area contributed by atoms with Crippen molar-refractivity contribution in [3.8, 4) is 0 Å². The Bertz CT molecular complexity index is 855. The summed E-state index contributed by atoms with van der Waals surface area (Å²) in [6, 6.07) is 2.07. The minimum Gasteiger partial charge on any atom is -0.369 e. The summed E-state index contributed by atoms with van der Waals surface area (Å²) in [5.41, 5.74) is 5.61. The van der Waals surface area contributed by atoms with Crippen molar-refractivity contribution in [2.45, 2.75) is 50.6 Å². The van der Waals surface area contributed by atoms with Crippen LogP contribution in [0.4, 0.5) is 0 Å². The molecule has 2 atom stereocenters. The highest BCUT2D eigenvalue weighted by Gasteiger charge is 2.40. The first kappa shape index (κ1) is 22.0. The normalized spacial score (nSPS) is 18.9. The summed E-state index contributed by atoms with van der Waals surface area (Å²) >= 11 is 0. The number of hydrogen-bond donors (Lipinski definition) is 2. The van der Waals surface area contributed by atoms with Crippen molar-refractivity contribution in [1.82, 2.24) is 14.6 Å². The molecule has 28 heavy (non-hydrogen) atoms. The molecule has 0 spiro atoms. The van der Waals surface area contributed by atoms with Crippen molar-refractivity contribution in [2.24, 2.45) is 11.7 Å². The molecular formula is C18H26N4O5S. The quantitative estimate of drug-likeness (QED) is 0.651. The van der Waals surface area contributed by atoms with Crippen molar-refractivity contribution in [2.75, 3.05) is 13.1 Å². The summed E-state index contributed by atoms with van der Waals surface area (Å²) in [6.07, 6.45) is 1.99. The van der Waals surface area contributed by atoms with E-state index in [1.54, 1.807) is 26.0 Å². The average Bonchev–Trinajstić information content (AvgIpc) is 2.84. The molecule has 0 aromatic carbocycles. The Labute approximate surface area is 164 Å². The molecule has 10 heteroatoms. The summed E-state index contributed by atoms with van der Waals surface area (Å²) in [4.78, 5) is 40.7. The average molecular weight is 410 g/mol. The Morgan fingerprint density at radius 2 is 2.14 bits per heavy atom. The number of pyridine rings is 1. The van der Waals surface area contributed by atoms with Gasteiger partial charge in [-0.3, -0.25) is 14.4 Å². The molecule has 154 valence electrons. The van der Waals surface area contributed by atoms with Crippen LogP contribution in [-0.2, 0) is 24.4 Å². The lowest BCUT2D eigenvalue weighted by atomic mass is 10.0. The summed E-state index contributed by atoms with van der Waals surface area (Å²) in [5, 5.41) is 2.68. The van der Waals surface area contributed by atoms with Gasteiger partial charge in [-0.15, -0.1) is 0 Å². The van der Waals surface area contributed by atoms with E-state index in [4.69, 9.17) is 5.73 Å². The van der Waals surface area contributed by atoms with Crippen LogP contribution in [0.2, 0.25) is 0 Å². The fourth-order valence-electron chi connectivity index (χ4n) is 3.06. The molecular weight excluding hydrogens is 384 g/mol. The number of ketones is 1. The summed E-state index contributed by atoms with van der Waals surface area (Å²) < 4.78 is 27.3. The predicted octanol–water partition coefficient (Wildman–Crippen LogP) is 0.130. The molecule has 3 N–H and O–H groups in total. The van der Waals surface area contributed by atoms with E-state index in [0.717, 1.165) is 0 Å². The van der Waals surface area contributed by atoms with Crippen molar-refractivity contribution < 1.29 is 22.8 Å². The monoisotopic (exact) mass is 410 g/mol. The van der Waals surface area contributed by atoms with Gasteiger partial charge in [0, 0.05) is 18.5 Å². The van der Waals surface area contributed by atoms with E-state index in [1.165, 1.54) is 6.20 Å². The van der Waals surface area contributed by atoms with Gasteiger partial charge in [-0.05, 0) is 44.4 Å². The fraction of sp³-hybridized carbons (Fsp3) is 0.556. The van der Waals surface area contributed by atoms with Gasteiger partial charge in [0.15, 0.2) is 10.8 Å². The highest BCUT2D eigenvalue weighted by molar-refractivity contribution is 7.89. The van der Waals surface area contributed by atoms with E-state index in [-0.39, 0.29) is 36.6 Å². The summed E-state index contributed by atoms with van der Waals surface area (Å²) in [6.45, 7) is 3.70. The van der Waals surface area contributed by atoms with Gasteiger partial charge in [0.05, 0.1) is 6.54 Å². The molecule has 1 aromatic heterocycles. The number of rotatable bonds is 7. The maximum atomic E-state index is 13.3. The molecule has 2 rings (SSSR count). The van der Waals surface area contributed by atoms with Gasteiger partial charge in [-0.25, -0.2) is 9.29 Å². The highest BCUT2D eigenvalue weighted by Crippen LogP contribution is 2.24. The SMILES string of the molecule is Cc1cccnc1S(=O)(=O)N(C(=O)CCC(C)C(N)=O)[C@H]1CCCNCC1=O. The molecule has 0 bridgehead atoms. The third-order valence-corrected chi connectivity index (χ3v) is 6.66. The Balaban J connectivity index is 2.43. The Morgan fingerprint density at radius 3 is 2.79 bits per heavy atom. The van der Waals surface area contributed by atoms with Crippen molar-refractivity contribution in [1.29, 1.82) is 0 Å². The van der Waals surface area contributed by atoms with Crippen LogP contribution in [0.25, 0.3) is 0 Å². The van der Waals surface area contributed by atoms with Gasteiger partial charge in [-0.1, -0.05) is 13.0 Å². The molecule has 0 saturated carbocycles. The van der Waals surface area contributed by atoms with Gasteiger partial charge < -0.3 is 11.1 Å². The highest BCUT2D eigenvalue weighted by atomic mass is 32.2. The van der Waals surface area contributed by atoms with Crippen LogP contribution in [0.1, 0.15) is 38.2 Å². The van der Waals surface area contributed by atoms with Gasteiger partial charge >= 0.3 is 0 Å². The van der Waals surface area contributed by atoms with E-state index < -0.39 is 33.8 Å². The first-order valence-corrected chi connectivity index (χ1v) is 10.6. The molecule has 1 aliphatic rings. The maximum absolute atomic E-state index is 13.3. The molecule has 2 amide bonds. The van der Waals surface area contributed by atoms with Crippen LogP contribution in [0.15, 0.2) is 23.4 Å². The summed E-state index contributed by atoms with van der Waals surface area (Å²) in [7, 11) is -4.34. The summed E-state index contributed by atoms with van der Waals surface area (Å²) in [5.74, 6) is -2.27. The number of nitrogens with zero attached hydrogens (tertiary/aromatic N) is 2. The number of aromatic nitrogens is 1. The zero-order valence-electron chi connectivity index (χ0n) is 16.1. The standard InChI is InChI=1S/C18H26N4O5S/c1-12(17(19)25)7-8-16(24)22(14-6-4-9-20-11-15(14)23)28(26,27)18-13(2)5-3-10-21-18/h3,5,10,12,14,20H,4,6-9,11H2,1-2H3,(H2,19,25)/t12?,14-/m0/s1. The Morgan fingerprint density at radius 1 is 1.43 bits per heavy atom. The topological polar surface area (TPSA) is 140 Å². The Kier molecular flexibility index (Phi) is 7.25. The second-order valence-corrected chi connectivity index (χ2v) is 8.69. The second-order valence-electron chi connectivity index (χ2n) is 6.96. The van der Waals surface area contributed by atoms with E-state index >= 15 is 0 Å². The maximum Gasteiger partial charge on any atom is 0.284 e. The zero-order valence-corrected chi connectivity index (χ0v) is 16.9. The van der Waals surface area contributed by atoms with Crippen molar-refractivity contribution in [3.63, 3.8) is 0 Å². The molecule has 1 fully saturated rings. The van der Waals surface area contributed by atoms with Crippen LogP contribution in [0.5, 0.6) is 0 Å². The lowest BCUT2D eigenvalue weighted by Crippen LogP contribution is -2.50. The molecule has 0 aliphatic carbocycles. The van der Waals surface area contributed by atoms with Gasteiger partial charge in [0.2, 0.25) is 11.8 Å². The molecule has 1 unspecified atom stereocenters. The largest absolute Gasteiger partial charge is 0.369 e. The van der Waals surface area contributed by atoms with Gasteiger partial charge in [-0.2, -0.15) is 8.42 Å². The third-order valence-electron chi connectivity index (χ3n) is 4.77. The molecule has 1 saturated heterocycles. The number of amides is 2. The number of nitrogens with one attached hydrogen (secondary N) is 1. The number of Topliss-reactive ketones (excluding diaryl/α,β-unsaturated/α-hetero) is 1. The smallest absolute Gasteiger partial charge is 0.284 e. The molecule has 1 aromatic rings. The number of primary amides is 1. The van der Waals surface area contributed by atoms with Crippen molar-refractivity contribution >= 4 is 27.6 Å². The van der Waals surface area contributed by atoms with Gasteiger partial charge in [0.1, 0.15) is 6.04 Å². The van der Waals surface area contributed by atoms with Crippen LogP contribution in [0.3, 0.4) is 0 Å². The number of nitrogens with two attached hydrogens (primary N) is 1. The first-order chi connectivity index (χ1) is 13.2. The predicted molar refractivity (Wildman–Crippen MR) is 101 cm³/mol. The lowest BCUT2D eigenvalue weighted by molar-refractivity contribution is -0.134. The number of aryl methyl sites for hydroxylation is 1. The van der Waals surface area contributed by atoms with Crippen molar-refractivity contribution in [3.05, 3.63) is 23.9 Å². The number of carbonyl (C=O) groups excluding carboxylic acids is 3. The fourth-order valence-corrected chi connectivity index (χ4v) is 4.83. The molecule has 2 heterocycles. The minimum atomic E-state index is -4.34. The molecule has 1 aliphatic heterocycles. The van der Waals surface area contributed by atoms with Crippen LogP contribution >= 0.6 is 0 Å². The number of hydrogen-bond acceptors (Lipinski definition) is 7. The van der Waals surface area contributed by atoms with Crippen LogP contribution in [0, 0.1) is 12.8 Å². The van der Waals surface area contributed by atoms with Crippen LogP contribution < -0.4 is 11.1 Å². The minimum absolute atomic E-state index is 0.0111. The number of carbonyl (C=O) groups is 3. The van der Waals surface area contributed by atoms with Crippen LogP contribution in [-0.4, -0.2) is 54.4 Å². The molecule has 0 radical (unpaired) electrons. The lowest BCUT2D eigenvalue weighted by Gasteiger charge is -2.29. The molecule has 9 nitrogen and oxygen atoms in total. The van der Waals surface area contributed by atoms with E-state index in [0.29, 0.717) is 22.8 Å². The first-order valence-electron chi connectivity index (χ1n) is 9.18. The van der Waals surface area contributed by atoms with E-state index in [2.05, 4.69) is 10.3 Å². The third kappa shape index (κ3) is 4.93. The number of sulfonamides is 1. The van der Waals surface area contributed by atoms with E-state index in [1.807, 2.05) is 0 Å². The van der Waals surface area contributed by atoms with Gasteiger partial charge in [0.25, 0.3) is 10.0 Å². The second kappa shape index (κ2) is 9.24. The Hall–Kier alpha value is -2.33. The zero-order chi connectivity index (χ0) is 20.9. The van der Waals surface area contributed by atoms with E-state index in [9.17, 15) is 22.8 Å².